The van der Waals surface area contributed by atoms with Gasteiger partial charge in [0.25, 0.3) is 11.8 Å². The predicted molar refractivity (Wildman–Crippen MR) is 101 cm³/mol. The van der Waals surface area contributed by atoms with Crippen LogP contribution in [-0.2, 0) is 19.1 Å². The summed E-state index contributed by atoms with van der Waals surface area (Å²) in [6.45, 7) is 0. The maximum absolute atomic E-state index is 12.1. The fraction of sp³-hybridized carbons (Fsp3) is 0.375. The van der Waals surface area contributed by atoms with Gasteiger partial charge >= 0.3 is 11.9 Å². The van der Waals surface area contributed by atoms with Crippen LogP contribution in [0.4, 0.5) is 0 Å². The molecule has 2 atom stereocenters. The van der Waals surface area contributed by atoms with Crippen molar-refractivity contribution in [2.75, 3.05) is 25.7 Å². The first-order valence-electron chi connectivity index (χ1n) is 7.47. The minimum absolute atomic E-state index is 0.0809. The van der Waals surface area contributed by atoms with Gasteiger partial charge in [0, 0.05) is 22.6 Å². The maximum atomic E-state index is 12.1. The zero-order chi connectivity index (χ0) is 19.7. The number of ether oxygens (including phenoxy) is 2. The van der Waals surface area contributed by atoms with E-state index in [1.165, 1.54) is 38.5 Å². The summed E-state index contributed by atoms with van der Waals surface area (Å²) in [5.41, 5.74) is 0.492. The van der Waals surface area contributed by atoms with Gasteiger partial charge in [-0.1, -0.05) is 0 Å². The van der Waals surface area contributed by atoms with Crippen molar-refractivity contribution in [3.8, 4) is 0 Å². The van der Waals surface area contributed by atoms with Crippen molar-refractivity contribution >= 4 is 49.0 Å². The van der Waals surface area contributed by atoms with E-state index in [0.717, 1.165) is 0 Å². The number of carbonyl (C=O) groups is 4. The first-order valence-corrected chi connectivity index (χ1v) is 8.73. The van der Waals surface area contributed by atoms with Crippen LogP contribution in [0.25, 0.3) is 0 Å². The van der Waals surface area contributed by atoms with E-state index < -0.39 is 35.8 Å². The van der Waals surface area contributed by atoms with Gasteiger partial charge in [-0.15, -0.1) is 0 Å². The standard InChI is InChI=1S/C16H20N2O6S2/c1-23-15(21)11(7-25)17-13(19)9-3-5-10(6-4-9)14(20)18-12(8-26)16(22)24-2/h3-6,11-12,25-26H,7-8H2,1-2H3,(H,17,19)(H,18,20). The van der Waals surface area contributed by atoms with E-state index >= 15 is 0 Å². The summed E-state index contributed by atoms with van der Waals surface area (Å²) >= 11 is 7.98. The Morgan fingerprint density at radius 3 is 1.35 bits per heavy atom. The van der Waals surface area contributed by atoms with Gasteiger partial charge < -0.3 is 20.1 Å². The van der Waals surface area contributed by atoms with Crippen LogP contribution in [0.3, 0.4) is 0 Å². The highest BCUT2D eigenvalue weighted by atomic mass is 32.1. The molecule has 10 heteroatoms. The van der Waals surface area contributed by atoms with Crippen molar-refractivity contribution in [3.63, 3.8) is 0 Å². The third-order valence-electron chi connectivity index (χ3n) is 3.36. The molecule has 1 aromatic carbocycles. The van der Waals surface area contributed by atoms with Gasteiger partial charge in [-0.3, -0.25) is 9.59 Å². The van der Waals surface area contributed by atoms with Crippen molar-refractivity contribution in [2.24, 2.45) is 0 Å². The summed E-state index contributed by atoms with van der Waals surface area (Å²) in [6.07, 6.45) is 0. The van der Waals surface area contributed by atoms with Crippen LogP contribution in [0.2, 0.25) is 0 Å². The Balaban J connectivity index is 2.78. The predicted octanol–water partition coefficient (Wildman–Crippen LogP) is 0.0890. The molecule has 2 N–H and O–H groups in total. The normalized spacial score (nSPS) is 12.5. The monoisotopic (exact) mass is 400 g/mol. The van der Waals surface area contributed by atoms with E-state index in [2.05, 4.69) is 45.4 Å². The number of methoxy groups -OCH3 is 2. The number of rotatable bonds is 8. The molecule has 1 rings (SSSR count). The molecule has 2 unspecified atom stereocenters. The summed E-state index contributed by atoms with van der Waals surface area (Å²) < 4.78 is 9.13. The highest BCUT2D eigenvalue weighted by Gasteiger charge is 2.22. The molecular weight excluding hydrogens is 380 g/mol. The Bertz CT molecular complexity index is 608. The van der Waals surface area contributed by atoms with E-state index in [1.807, 2.05) is 0 Å². The van der Waals surface area contributed by atoms with E-state index in [-0.39, 0.29) is 22.6 Å². The van der Waals surface area contributed by atoms with Gasteiger partial charge in [-0.25, -0.2) is 9.59 Å². The average molecular weight is 400 g/mol. The van der Waals surface area contributed by atoms with Crippen molar-refractivity contribution in [1.82, 2.24) is 10.6 Å². The number of esters is 2. The van der Waals surface area contributed by atoms with Crippen LogP contribution in [0.5, 0.6) is 0 Å². The molecule has 0 radical (unpaired) electrons. The van der Waals surface area contributed by atoms with Crippen molar-refractivity contribution < 1.29 is 28.7 Å². The molecular formula is C16H20N2O6S2. The SMILES string of the molecule is COC(=O)C(CS)NC(=O)c1ccc(C(=O)NC(CS)C(=O)OC)cc1. The van der Waals surface area contributed by atoms with Gasteiger partial charge in [0.15, 0.2) is 0 Å². The first kappa shape index (κ1) is 21.8. The second-order valence-corrected chi connectivity index (χ2v) is 5.77. The molecule has 0 aliphatic heterocycles. The van der Waals surface area contributed by atoms with Crippen LogP contribution in [0.1, 0.15) is 20.7 Å². The summed E-state index contributed by atoms with van der Waals surface area (Å²) in [4.78, 5) is 47.2. The highest BCUT2D eigenvalue weighted by Crippen LogP contribution is 2.07. The molecule has 0 bridgehead atoms. The zero-order valence-corrected chi connectivity index (χ0v) is 16.0. The summed E-state index contributed by atoms with van der Waals surface area (Å²) in [7, 11) is 2.43. The highest BCUT2D eigenvalue weighted by molar-refractivity contribution is 7.80. The molecule has 0 aromatic heterocycles. The number of thiol groups is 2. The van der Waals surface area contributed by atoms with Crippen molar-refractivity contribution in [2.45, 2.75) is 12.1 Å². The molecule has 8 nitrogen and oxygen atoms in total. The molecule has 0 heterocycles. The van der Waals surface area contributed by atoms with Crippen molar-refractivity contribution in [3.05, 3.63) is 35.4 Å². The smallest absolute Gasteiger partial charge is 0.329 e. The Hall–Kier alpha value is -2.20. The zero-order valence-electron chi connectivity index (χ0n) is 14.2. The minimum atomic E-state index is -0.880. The molecule has 1 aromatic rings. The third kappa shape index (κ3) is 5.95. The number of amides is 2. The average Bonchev–Trinajstić information content (AvgIpc) is 2.68. The molecule has 2 amide bonds. The van der Waals surface area contributed by atoms with Crippen molar-refractivity contribution in [1.29, 1.82) is 0 Å². The molecule has 0 saturated heterocycles. The number of hydrogen-bond donors (Lipinski definition) is 4. The van der Waals surface area contributed by atoms with E-state index in [1.54, 1.807) is 0 Å². The lowest BCUT2D eigenvalue weighted by atomic mass is 10.1. The molecule has 0 fully saturated rings. The maximum Gasteiger partial charge on any atom is 0.329 e. The Kier molecular flexibility index (Phi) is 9.00. The molecule has 0 aliphatic rings. The fourth-order valence-corrected chi connectivity index (χ4v) is 2.38. The molecule has 0 spiro atoms. The number of carbonyl (C=O) groups excluding carboxylic acids is 4. The van der Waals surface area contributed by atoms with Gasteiger partial charge in [0.1, 0.15) is 12.1 Å². The number of nitrogens with one attached hydrogen (secondary N) is 2. The van der Waals surface area contributed by atoms with E-state index in [0.29, 0.717) is 0 Å². The lowest BCUT2D eigenvalue weighted by molar-refractivity contribution is -0.143. The first-order chi connectivity index (χ1) is 12.4. The van der Waals surface area contributed by atoms with E-state index in [4.69, 9.17) is 0 Å². The molecule has 0 aliphatic carbocycles. The third-order valence-corrected chi connectivity index (χ3v) is 4.09. The molecule has 142 valence electrons. The summed E-state index contributed by atoms with van der Waals surface area (Å²) in [5.74, 6) is -2.07. The molecule has 0 saturated carbocycles. The quantitative estimate of drug-likeness (QED) is 0.364. The van der Waals surface area contributed by atoms with Gasteiger partial charge in [-0.05, 0) is 24.3 Å². The van der Waals surface area contributed by atoms with Crippen LogP contribution in [-0.4, -0.2) is 61.6 Å². The Morgan fingerprint density at radius 1 is 0.808 bits per heavy atom. The fourth-order valence-electron chi connectivity index (χ4n) is 1.90. The van der Waals surface area contributed by atoms with Gasteiger partial charge in [0.05, 0.1) is 14.2 Å². The topological polar surface area (TPSA) is 111 Å². The van der Waals surface area contributed by atoms with Crippen LogP contribution in [0, 0.1) is 0 Å². The summed E-state index contributed by atoms with van der Waals surface area (Å²) in [5, 5.41) is 4.97. The largest absolute Gasteiger partial charge is 0.467 e. The lowest BCUT2D eigenvalue weighted by Crippen LogP contribution is -2.43. The molecule has 26 heavy (non-hydrogen) atoms. The van der Waals surface area contributed by atoms with Crippen LogP contribution < -0.4 is 10.6 Å². The Labute approximate surface area is 161 Å². The number of benzene rings is 1. The van der Waals surface area contributed by atoms with Gasteiger partial charge in [0.2, 0.25) is 0 Å². The van der Waals surface area contributed by atoms with Gasteiger partial charge in [-0.2, -0.15) is 25.3 Å². The van der Waals surface area contributed by atoms with Crippen LogP contribution in [0.15, 0.2) is 24.3 Å². The Morgan fingerprint density at radius 2 is 1.12 bits per heavy atom. The second kappa shape index (κ2) is 10.7. The second-order valence-electron chi connectivity index (χ2n) is 5.04. The van der Waals surface area contributed by atoms with E-state index in [9.17, 15) is 19.2 Å². The van der Waals surface area contributed by atoms with Crippen LogP contribution >= 0.6 is 25.3 Å². The number of hydrogen-bond acceptors (Lipinski definition) is 8. The minimum Gasteiger partial charge on any atom is -0.467 e. The lowest BCUT2D eigenvalue weighted by Gasteiger charge is -2.15. The summed E-state index contributed by atoms with van der Waals surface area (Å²) in [6, 6.07) is 3.93.